The molecule has 5 heteroatoms. The van der Waals surface area contributed by atoms with Gasteiger partial charge in [-0.25, -0.2) is 0 Å². The predicted octanol–water partition coefficient (Wildman–Crippen LogP) is 3.69. The molecule has 2 aromatic rings. The third-order valence-electron chi connectivity index (χ3n) is 3.09. The van der Waals surface area contributed by atoms with Crippen molar-refractivity contribution < 1.29 is 14.6 Å². The minimum atomic E-state index is 0.172. The first kappa shape index (κ1) is 15.4. The zero-order chi connectivity index (χ0) is 15.1. The largest absolute Gasteiger partial charge is 0.508 e. The van der Waals surface area contributed by atoms with Crippen LogP contribution in [0.4, 0.5) is 0 Å². The Kier molecular flexibility index (Phi) is 5.60. The monoisotopic (exact) mass is 290 g/mol. The van der Waals surface area contributed by atoms with Crippen LogP contribution in [0.3, 0.4) is 0 Å². The maximum Gasteiger partial charge on any atom is 0.320 e. The van der Waals surface area contributed by atoms with E-state index in [4.69, 9.17) is 9.47 Å². The highest BCUT2D eigenvalue weighted by atomic mass is 16.5. The molecule has 0 saturated carbocycles. The molecule has 0 amide bonds. The van der Waals surface area contributed by atoms with Crippen molar-refractivity contribution in [3.63, 3.8) is 0 Å². The number of phenolic OH excluding ortho intramolecular Hbond substituents is 1. The van der Waals surface area contributed by atoms with Crippen molar-refractivity contribution in [1.82, 2.24) is 9.97 Å². The minimum absolute atomic E-state index is 0.172. The molecule has 0 saturated heterocycles. The van der Waals surface area contributed by atoms with E-state index in [2.05, 4.69) is 23.8 Å². The highest BCUT2D eigenvalue weighted by Crippen LogP contribution is 2.28. The van der Waals surface area contributed by atoms with Crippen molar-refractivity contribution >= 4 is 10.9 Å². The molecule has 0 atom stereocenters. The van der Waals surface area contributed by atoms with E-state index in [1.165, 1.54) is 0 Å². The van der Waals surface area contributed by atoms with Crippen molar-refractivity contribution in [3.8, 4) is 17.6 Å². The second-order valence-electron chi connectivity index (χ2n) is 4.92. The SMILES string of the molecule is CCCCOc1nc(OCCCC)c2cc(O)ccc2n1. The van der Waals surface area contributed by atoms with Crippen LogP contribution in [0.5, 0.6) is 17.6 Å². The van der Waals surface area contributed by atoms with E-state index < -0.39 is 0 Å². The second kappa shape index (κ2) is 7.67. The van der Waals surface area contributed by atoms with Gasteiger partial charge in [0.05, 0.1) is 24.1 Å². The molecule has 0 unspecified atom stereocenters. The molecule has 0 fully saturated rings. The Balaban J connectivity index is 2.28. The first-order valence-corrected chi connectivity index (χ1v) is 7.51. The number of hydrogen-bond acceptors (Lipinski definition) is 5. The second-order valence-corrected chi connectivity index (χ2v) is 4.92. The average Bonchev–Trinajstić information content (AvgIpc) is 2.48. The van der Waals surface area contributed by atoms with E-state index in [1.54, 1.807) is 18.2 Å². The maximum atomic E-state index is 9.63. The molecule has 5 nitrogen and oxygen atoms in total. The van der Waals surface area contributed by atoms with E-state index in [-0.39, 0.29) is 5.75 Å². The summed E-state index contributed by atoms with van der Waals surface area (Å²) >= 11 is 0. The van der Waals surface area contributed by atoms with Gasteiger partial charge in [-0.05, 0) is 31.0 Å². The van der Waals surface area contributed by atoms with Gasteiger partial charge >= 0.3 is 6.01 Å². The van der Waals surface area contributed by atoms with Gasteiger partial charge in [-0.3, -0.25) is 0 Å². The molecule has 0 aliphatic carbocycles. The summed E-state index contributed by atoms with van der Waals surface area (Å²) < 4.78 is 11.3. The molecule has 0 aliphatic heterocycles. The summed E-state index contributed by atoms with van der Waals surface area (Å²) in [7, 11) is 0. The van der Waals surface area contributed by atoms with E-state index in [0.29, 0.717) is 36.0 Å². The van der Waals surface area contributed by atoms with Crippen LogP contribution >= 0.6 is 0 Å². The van der Waals surface area contributed by atoms with E-state index in [1.807, 2.05) is 0 Å². The Morgan fingerprint density at radius 3 is 2.43 bits per heavy atom. The quantitative estimate of drug-likeness (QED) is 0.751. The molecule has 2 rings (SSSR count). The average molecular weight is 290 g/mol. The van der Waals surface area contributed by atoms with E-state index >= 15 is 0 Å². The third kappa shape index (κ3) is 4.21. The van der Waals surface area contributed by atoms with Crippen LogP contribution in [0.15, 0.2) is 18.2 Å². The number of hydrogen-bond donors (Lipinski definition) is 1. The van der Waals surface area contributed by atoms with E-state index in [9.17, 15) is 5.11 Å². The molecule has 0 radical (unpaired) electrons. The Labute approximate surface area is 124 Å². The molecule has 114 valence electrons. The van der Waals surface area contributed by atoms with Crippen LogP contribution in [0.1, 0.15) is 39.5 Å². The van der Waals surface area contributed by atoms with Gasteiger partial charge in [0.15, 0.2) is 0 Å². The van der Waals surface area contributed by atoms with Crippen LogP contribution in [0, 0.1) is 0 Å². The minimum Gasteiger partial charge on any atom is -0.508 e. The third-order valence-corrected chi connectivity index (χ3v) is 3.09. The summed E-state index contributed by atoms with van der Waals surface area (Å²) in [6.07, 6.45) is 4.02. The van der Waals surface area contributed by atoms with Crippen LogP contribution < -0.4 is 9.47 Å². The first-order chi connectivity index (χ1) is 10.2. The Bertz CT molecular complexity index is 587. The zero-order valence-electron chi connectivity index (χ0n) is 12.6. The molecule has 1 aromatic heterocycles. The molecule has 0 bridgehead atoms. The number of fused-ring (bicyclic) bond motifs is 1. The summed E-state index contributed by atoms with van der Waals surface area (Å²) in [5.41, 5.74) is 0.709. The molecule has 1 N–H and O–H groups in total. The number of aromatic nitrogens is 2. The lowest BCUT2D eigenvalue weighted by Crippen LogP contribution is -2.05. The normalized spacial score (nSPS) is 10.8. The van der Waals surface area contributed by atoms with Gasteiger partial charge in [0.25, 0.3) is 0 Å². The topological polar surface area (TPSA) is 64.5 Å². The predicted molar refractivity (Wildman–Crippen MR) is 82.0 cm³/mol. The van der Waals surface area contributed by atoms with Gasteiger partial charge in [-0.2, -0.15) is 9.97 Å². The molecule has 0 spiro atoms. The zero-order valence-corrected chi connectivity index (χ0v) is 12.6. The highest BCUT2D eigenvalue weighted by Gasteiger charge is 2.10. The van der Waals surface area contributed by atoms with Crippen molar-refractivity contribution in [3.05, 3.63) is 18.2 Å². The highest BCUT2D eigenvalue weighted by molar-refractivity contribution is 5.85. The lowest BCUT2D eigenvalue weighted by molar-refractivity contribution is 0.267. The Morgan fingerprint density at radius 1 is 1.00 bits per heavy atom. The number of rotatable bonds is 8. The van der Waals surface area contributed by atoms with Crippen molar-refractivity contribution in [2.24, 2.45) is 0 Å². The van der Waals surface area contributed by atoms with E-state index in [0.717, 1.165) is 25.7 Å². The lowest BCUT2D eigenvalue weighted by atomic mass is 10.2. The molecular formula is C16H22N2O3. The number of benzene rings is 1. The number of nitrogens with zero attached hydrogens (tertiary/aromatic N) is 2. The number of ether oxygens (including phenoxy) is 2. The van der Waals surface area contributed by atoms with Crippen LogP contribution in [-0.2, 0) is 0 Å². The summed E-state index contributed by atoms with van der Waals surface area (Å²) in [6.45, 7) is 5.39. The number of phenols is 1. The molecule has 1 heterocycles. The van der Waals surface area contributed by atoms with Gasteiger partial charge in [0.1, 0.15) is 5.75 Å². The van der Waals surface area contributed by atoms with Gasteiger partial charge in [0.2, 0.25) is 5.88 Å². The molecule has 1 aromatic carbocycles. The lowest BCUT2D eigenvalue weighted by Gasteiger charge is -2.10. The van der Waals surface area contributed by atoms with Crippen molar-refractivity contribution in [2.45, 2.75) is 39.5 Å². The van der Waals surface area contributed by atoms with Crippen LogP contribution in [-0.4, -0.2) is 28.3 Å². The van der Waals surface area contributed by atoms with Crippen molar-refractivity contribution in [1.29, 1.82) is 0 Å². The first-order valence-electron chi connectivity index (χ1n) is 7.51. The number of aromatic hydroxyl groups is 1. The molecular weight excluding hydrogens is 268 g/mol. The van der Waals surface area contributed by atoms with Gasteiger partial charge in [-0.15, -0.1) is 0 Å². The maximum absolute atomic E-state index is 9.63. The Hall–Kier alpha value is -2.04. The fourth-order valence-electron chi connectivity index (χ4n) is 1.86. The summed E-state index contributed by atoms with van der Waals surface area (Å²) in [5.74, 6) is 0.641. The standard InChI is InChI=1S/C16H22N2O3/c1-3-5-9-20-15-13-11-12(19)7-8-14(13)17-16(18-15)21-10-6-4-2/h7-8,11,19H,3-6,9-10H2,1-2H3. The van der Waals surface area contributed by atoms with Crippen LogP contribution in [0.25, 0.3) is 10.9 Å². The molecule has 0 aliphatic rings. The molecule has 21 heavy (non-hydrogen) atoms. The van der Waals surface area contributed by atoms with Gasteiger partial charge in [-0.1, -0.05) is 26.7 Å². The van der Waals surface area contributed by atoms with Gasteiger partial charge in [0, 0.05) is 0 Å². The van der Waals surface area contributed by atoms with Crippen molar-refractivity contribution in [2.75, 3.05) is 13.2 Å². The van der Waals surface area contributed by atoms with Crippen LogP contribution in [0.2, 0.25) is 0 Å². The summed E-state index contributed by atoms with van der Waals surface area (Å²) in [6, 6.07) is 5.28. The fraction of sp³-hybridized carbons (Fsp3) is 0.500. The smallest absolute Gasteiger partial charge is 0.320 e. The number of unbranched alkanes of at least 4 members (excludes halogenated alkanes) is 2. The summed E-state index contributed by atoms with van der Waals surface area (Å²) in [4.78, 5) is 8.67. The Morgan fingerprint density at radius 2 is 1.71 bits per heavy atom. The fourth-order valence-corrected chi connectivity index (χ4v) is 1.86. The van der Waals surface area contributed by atoms with Gasteiger partial charge < -0.3 is 14.6 Å². The summed E-state index contributed by atoms with van der Waals surface area (Å²) in [5, 5.41) is 10.3.